The molecular weight excluding hydrogens is 479 g/mol. The van der Waals surface area contributed by atoms with Gasteiger partial charge in [0.1, 0.15) is 11.9 Å². The quantitative estimate of drug-likeness (QED) is 0.573. The van der Waals surface area contributed by atoms with Gasteiger partial charge in [0.05, 0.1) is 9.92 Å². The predicted molar refractivity (Wildman–Crippen MR) is 111 cm³/mol. The lowest BCUT2D eigenvalue weighted by atomic mass is 10.2. The van der Waals surface area contributed by atoms with Gasteiger partial charge >= 0.3 is 0 Å². The summed E-state index contributed by atoms with van der Waals surface area (Å²) in [6.45, 7) is 0. The fraction of sp³-hybridized carbons (Fsp3) is 0.235. The van der Waals surface area contributed by atoms with Gasteiger partial charge in [0, 0.05) is 10.2 Å². The first-order valence-corrected chi connectivity index (χ1v) is 11.8. The van der Waals surface area contributed by atoms with Crippen LogP contribution in [0.5, 0.6) is 0 Å². The fourth-order valence-corrected chi connectivity index (χ4v) is 4.55. The van der Waals surface area contributed by atoms with Gasteiger partial charge in [-0.25, -0.2) is 12.8 Å². The van der Waals surface area contributed by atoms with Crippen LogP contribution in [0.25, 0.3) is 0 Å². The molecule has 0 spiro atoms. The summed E-state index contributed by atoms with van der Waals surface area (Å²) >= 11 is 10.5. The summed E-state index contributed by atoms with van der Waals surface area (Å²) in [5.74, 6) is -0.635. The van der Waals surface area contributed by atoms with Crippen LogP contribution in [0.1, 0.15) is 6.42 Å². The third-order valence-corrected chi connectivity index (χ3v) is 6.41. The van der Waals surface area contributed by atoms with Crippen molar-refractivity contribution in [1.82, 2.24) is 4.72 Å². The summed E-state index contributed by atoms with van der Waals surface area (Å²) in [6, 6.07) is 9.04. The minimum absolute atomic E-state index is 0.210. The molecule has 1 amide bonds. The number of carbonyl (C=O) groups is 1. The number of amides is 1. The van der Waals surface area contributed by atoms with Crippen LogP contribution in [0.2, 0.25) is 5.02 Å². The van der Waals surface area contributed by atoms with Crippen LogP contribution in [0, 0.1) is 5.82 Å². The molecule has 0 saturated carbocycles. The van der Waals surface area contributed by atoms with E-state index in [0.717, 1.165) is 22.7 Å². The van der Waals surface area contributed by atoms with Crippen molar-refractivity contribution in [3.05, 3.63) is 57.8 Å². The van der Waals surface area contributed by atoms with Crippen molar-refractivity contribution in [2.24, 2.45) is 0 Å². The molecular formula is C17H17BrClFN2O3S2. The van der Waals surface area contributed by atoms with E-state index in [9.17, 15) is 17.6 Å². The standard InChI is InChI=1S/C17H17BrClFN2O3S2/c1-26-8-7-16(17(23)21-12-4-2-3-11(18)9-12)22-27(24,25)13-5-6-15(20)14(19)10-13/h2-6,9-10,16,22H,7-8H2,1H3,(H,21,23). The van der Waals surface area contributed by atoms with E-state index < -0.39 is 27.8 Å². The molecule has 2 rings (SSSR count). The third kappa shape index (κ3) is 6.46. The second-order valence-corrected chi connectivity index (χ2v) is 9.55. The molecule has 5 nitrogen and oxygen atoms in total. The molecule has 2 aromatic carbocycles. The predicted octanol–water partition coefficient (Wildman–Crippen LogP) is 4.28. The smallest absolute Gasteiger partial charge is 0.242 e. The number of hydrogen-bond acceptors (Lipinski definition) is 4. The summed E-state index contributed by atoms with van der Waals surface area (Å²) in [7, 11) is -4.06. The lowest BCUT2D eigenvalue weighted by Crippen LogP contribution is -2.44. The average molecular weight is 496 g/mol. The second-order valence-electron chi connectivity index (χ2n) is 5.53. The number of benzene rings is 2. The number of carbonyl (C=O) groups excluding carboxylic acids is 1. The third-order valence-electron chi connectivity index (χ3n) is 3.52. The van der Waals surface area contributed by atoms with Crippen LogP contribution in [0.3, 0.4) is 0 Å². The van der Waals surface area contributed by atoms with E-state index >= 15 is 0 Å². The zero-order valence-electron chi connectivity index (χ0n) is 14.2. The van der Waals surface area contributed by atoms with Crippen molar-refractivity contribution >= 4 is 60.9 Å². The molecule has 0 aliphatic rings. The van der Waals surface area contributed by atoms with E-state index in [2.05, 4.69) is 26.0 Å². The molecule has 0 aliphatic carbocycles. The molecule has 0 fully saturated rings. The van der Waals surface area contributed by atoms with Gasteiger partial charge in [-0.15, -0.1) is 0 Å². The Morgan fingerprint density at radius 1 is 1.30 bits per heavy atom. The van der Waals surface area contributed by atoms with Crippen molar-refractivity contribution < 1.29 is 17.6 Å². The Morgan fingerprint density at radius 3 is 2.67 bits per heavy atom. The van der Waals surface area contributed by atoms with E-state index in [1.807, 2.05) is 12.3 Å². The highest BCUT2D eigenvalue weighted by Gasteiger charge is 2.26. The Balaban J connectivity index is 2.21. The van der Waals surface area contributed by atoms with Gasteiger partial charge in [-0.3, -0.25) is 4.79 Å². The maximum Gasteiger partial charge on any atom is 0.242 e. The first kappa shape index (κ1) is 22.2. The number of thioether (sulfide) groups is 1. The molecule has 0 heterocycles. The first-order chi connectivity index (χ1) is 12.7. The summed E-state index contributed by atoms with van der Waals surface area (Å²) in [5.41, 5.74) is 0.535. The number of nitrogens with one attached hydrogen (secondary N) is 2. The van der Waals surface area contributed by atoms with Gasteiger partial charge in [-0.2, -0.15) is 16.5 Å². The average Bonchev–Trinajstić information content (AvgIpc) is 2.60. The van der Waals surface area contributed by atoms with Crippen molar-refractivity contribution in [2.45, 2.75) is 17.4 Å². The molecule has 10 heteroatoms. The monoisotopic (exact) mass is 494 g/mol. The van der Waals surface area contributed by atoms with Gasteiger partial charge < -0.3 is 5.32 Å². The van der Waals surface area contributed by atoms with Crippen molar-refractivity contribution in [3.63, 3.8) is 0 Å². The lowest BCUT2D eigenvalue weighted by Gasteiger charge is -2.18. The Labute approximate surface area is 175 Å². The number of hydrogen-bond donors (Lipinski definition) is 2. The summed E-state index contributed by atoms with van der Waals surface area (Å²) in [6.07, 6.45) is 2.15. The molecule has 2 N–H and O–H groups in total. The minimum Gasteiger partial charge on any atom is -0.325 e. The SMILES string of the molecule is CSCCC(NS(=O)(=O)c1ccc(F)c(Cl)c1)C(=O)Nc1cccc(Br)c1. The van der Waals surface area contributed by atoms with Crippen LogP contribution in [-0.4, -0.2) is 32.4 Å². The highest BCUT2D eigenvalue weighted by Crippen LogP contribution is 2.21. The van der Waals surface area contributed by atoms with E-state index in [1.54, 1.807) is 18.2 Å². The zero-order valence-corrected chi connectivity index (χ0v) is 18.2. The highest BCUT2D eigenvalue weighted by atomic mass is 79.9. The Hall–Kier alpha value is -1.13. The Morgan fingerprint density at radius 2 is 2.04 bits per heavy atom. The number of sulfonamides is 1. The normalized spacial score (nSPS) is 12.6. The maximum atomic E-state index is 13.3. The largest absolute Gasteiger partial charge is 0.325 e. The number of rotatable bonds is 8. The van der Waals surface area contributed by atoms with Gasteiger partial charge in [0.2, 0.25) is 15.9 Å². The fourth-order valence-electron chi connectivity index (χ4n) is 2.17. The van der Waals surface area contributed by atoms with Crippen LogP contribution in [-0.2, 0) is 14.8 Å². The highest BCUT2D eigenvalue weighted by molar-refractivity contribution is 9.10. The van der Waals surface area contributed by atoms with Crippen molar-refractivity contribution in [3.8, 4) is 0 Å². The Bertz CT molecular complexity index is 928. The van der Waals surface area contributed by atoms with Gasteiger partial charge in [0.15, 0.2) is 0 Å². The lowest BCUT2D eigenvalue weighted by molar-refractivity contribution is -0.117. The molecule has 0 radical (unpaired) electrons. The molecule has 146 valence electrons. The molecule has 27 heavy (non-hydrogen) atoms. The van der Waals surface area contributed by atoms with Gasteiger partial charge in [0.25, 0.3) is 0 Å². The van der Waals surface area contributed by atoms with E-state index in [4.69, 9.17) is 11.6 Å². The van der Waals surface area contributed by atoms with E-state index in [1.165, 1.54) is 11.8 Å². The number of halogens is 3. The maximum absolute atomic E-state index is 13.3. The van der Waals surface area contributed by atoms with Gasteiger partial charge in [-0.05, 0) is 54.8 Å². The second kappa shape index (κ2) is 9.88. The van der Waals surface area contributed by atoms with Crippen LogP contribution in [0.4, 0.5) is 10.1 Å². The first-order valence-electron chi connectivity index (χ1n) is 7.75. The molecule has 0 bridgehead atoms. The minimum atomic E-state index is -4.06. The molecule has 0 aromatic heterocycles. The molecule has 0 aliphatic heterocycles. The molecule has 0 saturated heterocycles. The molecule has 1 atom stereocenters. The molecule has 1 unspecified atom stereocenters. The zero-order chi connectivity index (χ0) is 20.0. The van der Waals surface area contributed by atoms with Crippen LogP contribution < -0.4 is 10.0 Å². The topological polar surface area (TPSA) is 75.3 Å². The molecule has 2 aromatic rings. The number of anilines is 1. The van der Waals surface area contributed by atoms with Crippen molar-refractivity contribution in [1.29, 1.82) is 0 Å². The summed E-state index contributed by atoms with van der Waals surface area (Å²) < 4.78 is 41.6. The summed E-state index contributed by atoms with van der Waals surface area (Å²) in [4.78, 5) is 12.4. The van der Waals surface area contributed by atoms with Crippen LogP contribution in [0.15, 0.2) is 51.8 Å². The van der Waals surface area contributed by atoms with E-state index in [-0.39, 0.29) is 16.3 Å². The van der Waals surface area contributed by atoms with E-state index in [0.29, 0.717) is 11.4 Å². The summed E-state index contributed by atoms with van der Waals surface area (Å²) in [5, 5.41) is 2.39. The van der Waals surface area contributed by atoms with Gasteiger partial charge in [-0.1, -0.05) is 33.6 Å². The Kier molecular flexibility index (Phi) is 8.11. The van der Waals surface area contributed by atoms with Crippen molar-refractivity contribution in [2.75, 3.05) is 17.3 Å². The van der Waals surface area contributed by atoms with Crippen LogP contribution >= 0.6 is 39.3 Å².